The number of nitrogens with zero attached hydrogens (tertiary/aromatic N) is 2. The average Bonchev–Trinajstić information content (AvgIpc) is 2.48. The predicted octanol–water partition coefficient (Wildman–Crippen LogP) is 5.07. The highest BCUT2D eigenvalue weighted by Crippen LogP contribution is 2.30. The lowest BCUT2D eigenvalue weighted by molar-refractivity contribution is 0.867. The molecule has 0 atom stereocenters. The summed E-state index contributed by atoms with van der Waals surface area (Å²) < 4.78 is 0. The number of halogens is 1. The standard InChI is InChI=1S/C17H15ClN2/c1-11(2)12-7-9-13(10-8-12)16-14-5-3-4-6-15(14)17(18)20-19-16/h3-11H,1-2H3. The molecule has 0 aliphatic heterocycles. The van der Waals surface area contributed by atoms with Crippen LogP contribution in [0.4, 0.5) is 0 Å². The highest BCUT2D eigenvalue weighted by molar-refractivity contribution is 6.34. The molecule has 0 spiro atoms. The van der Waals surface area contributed by atoms with E-state index in [2.05, 4.69) is 48.3 Å². The van der Waals surface area contributed by atoms with Crippen molar-refractivity contribution in [2.24, 2.45) is 0 Å². The van der Waals surface area contributed by atoms with Crippen LogP contribution in [-0.2, 0) is 0 Å². The first-order valence-corrected chi connectivity index (χ1v) is 7.06. The van der Waals surface area contributed by atoms with Crippen LogP contribution in [0.25, 0.3) is 22.0 Å². The van der Waals surface area contributed by atoms with Gasteiger partial charge in [0.05, 0.1) is 0 Å². The second kappa shape index (κ2) is 5.22. The largest absolute Gasteiger partial charge is 0.159 e. The van der Waals surface area contributed by atoms with E-state index in [1.54, 1.807) is 0 Å². The van der Waals surface area contributed by atoms with E-state index in [-0.39, 0.29) is 0 Å². The molecule has 100 valence electrons. The maximum atomic E-state index is 6.11. The minimum atomic E-state index is 0.447. The van der Waals surface area contributed by atoms with Crippen LogP contribution in [0.5, 0.6) is 0 Å². The third kappa shape index (κ3) is 2.27. The molecule has 0 unspecified atom stereocenters. The molecule has 0 aliphatic rings. The second-order valence-electron chi connectivity index (χ2n) is 5.16. The lowest BCUT2D eigenvalue weighted by atomic mass is 9.99. The van der Waals surface area contributed by atoms with Gasteiger partial charge in [-0.25, -0.2) is 0 Å². The van der Waals surface area contributed by atoms with E-state index in [1.807, 2.05) is 24.3 Å². The van der Waals surface area contributed by atoms with Gasteiger partial charge in [0.25, 0.3) is 0 Å². The zero-order valence-corrected chi connectivity index (χ0v) is 12.2. The predicted molar refractivity (Wildman–Crippen MR) is 84.1 cm³/mol. The van der Waals surface area contributed by atoms with E-state index in [0.717, 1.165) is 22.0 Å². The van der Waals surface area contributed by atoms with Gasteiger partial charge in [-0.15, -0.1) is 10.2 Å². The van der Waals surface area contributed by atoms with Gasteiger partial charge in [-0.3, -0.25) is 0 Å². The minimum Gasteiger partial charge on any atom is -0.148 e. The number of benzene rings is 2. The molecular weight excluding hydrogens is 268 g/mol. The Bertz CT molecular complexity index is 749. The van der Waals surface area contributed by atoms with E-state index in [4.69, 9.17) is 11.6 Å². The Morgan fingerprint density at radius 3 is 2.15 bits per heavy atom. The van der Waals surface area contributed by atoms with Crippen molar-refractivity contribution in [2.75, 3.05) is 0 Å². The van der Waals surface area contributed by atoms with Crippen molar-refractivity contribution in [1.82, 2.24) is 10.2 Å². The third-order valence-corrected chi connectivity index (χ3v) is 3.77. The Morgan fingerprint density at radius 2 is 1.50 bits per heavy atom. The number of fused-ring (bicyclic) bond motifs is 1. The van der Waals surface area contributed by atoms with Crippen LogP contribution < -0.4 is 0 Å². The summed E-state index contributed by atoms with van der Waals surface area (Å²) in [4.78, 5) is 0. The summed E-state index contributed by atoms with van der Waals surface area (Å²) in [7, 11) is 0. The molecule has 0 saturated carbocycles. The molecule has 1 aromatic heterocycles. The number of rotatable bonds is 2. The van der Waals surface area contributed by atoms with Gasteiger partial charge in [-0.1, -0.05) is 74.0 Å². The summed E-state index contributed by atoms with van der Waals surface area (Å²) in [6.45, 7) is 4.37. The molecule has 0 bridgehead atoms. The second-order valence-corrected chi connectivity index (χ2v) is 5.52. The zero-order chi connectivity index (χ0) is 14.1. The van der Waals surface area contributed by atoms with Gasteiger partial charge in [-0.2, -0.15) is 0 Å². The monoisotopic (exact) mass is 282 g/mol. The van der Waals surface area contributed by atoms with Crippen molar-refractivity contribution in [3.8, 4) is 11.3 Å². The van der Waals surface area contributed by atoms with Gasteiger partial charge in [0.15, 0.2) is 5.15 Å². The van der Waals surface area contributed by atoms with Crippen LogP contribution >= 0.6 is 11.6 Å². The number of aromatic nitrogens is 2. The molecule has 2 nitrogen and oxygen atoms in total. The van der Waals surface area contributed by atoms with Gasteiger partial charge in [-0.05, 0) is 11.5 Å². The van der Waals surface area contributed by atoms with Gasteiger partial charge in [0.1, 0.15) is 5.69 Å². The Balaban J connectivity index is 2.17. The molecule has 2 aromatic carbocycles. The first-order chi connectivity index (χ1) is 9.66. The normalized spacial score (nSPS) is 11.2. The molecule has 3 rings (SSSR count). The van der Waals surface area contributed by atoms with Crippen molar-refractivity contribution in [3.63, 3.8) is 0 Å². The van der Waals surface area contributed by atoms with Crippen molar-refractivity contribution >= 4 is 22.4 Å². The molecule has 3 aromatic rings. The first-order valence-electron chi connectivity index (χ1n) is 6.68. The highest BCUT2D eigenvalue weighted by atomic mass is 35.5. The smallest absolute Gasteiger partial charge is 0.148 e. The van der Waals surface area contributed by atoms with Gasteiger partial charge in [0, 0.05) is 16.3 Å². The summed E-state index contributed by atoms with van der Waals surface area (Å²) >= 11 is 6.11. The van der Waals surface area contributed by atoms with Crippen molar-refractivity contribution in [2.45, 2.75) is 19.8 Å². The summed E-state index contributed by atoms with van der Waals surface area (Å²) in [6.07, 6.45) is 0. The summed E-state index contributed by atoms with van der Waals surface area (Å²) in [5.74, 6) is 0.525. The Hall–Kier alpha value is -1.93. The van der Waals surface area contributed by atoms with E-state index in [1.165, 1.54) is 5.56 Å². The molecule has 1 heterocycles. The summed E-state index contributed by atoms with van der Waals surface area (Å²) in [5, 5.41) is 10.7. The van der Waals surface area contributed by atoms with Crippen LogP contribution in [0.3, 0.4) is 0 Å². The van der Waals surface area contributed by atoms with Crippen LogP contribution in [0.15, 0.2) is 48.5 Å². The molecule has 0 amide bonds. The summed E-state index contributed by atoms with van der Waals surface area (Å²) in [5.41, 5.74) is 3.26. The lowest BCUT2D eigenvalue weighted by Gasteiger charge is -2.08. The van der Waals surface area contributed by atoms with E-state index in [0.29, 0.717) is 11.1 Å². The van der Waals surface area contributed by atoms with Crippen LogP contribution in [-0.4, -0.2) is 10.2 Å². The van der Waals surface area contributed by atoms with Crippen LogP contribution in [0.1, 0.15) is 25.3 Å². The molecule has 20 heavy (non-hydrogen) atoms. The Labute approximate surface area is 123 Å². The Kier molecular flexibility index (Phi) is 3.41. The fraction of sp³-hybridized carbons (Fsp3) is 0.176. The fourth-order valence-corrected chi connectivity index (χ4v) is 2.51. The SMILES string of the molecule is CC(C)c1ccc(-c2nnc(Cl)c3ccccc23)cc1. The maximum absolute atomic E-state index is 6.11. The molecular formula is C17H15ClN2. The molecule has 0 saturated heterocycles. The average molecular weight is 283 g/mol. The molecule has 0 N–H and O–H groups in total. The number of hydrogen-bond acceptors (Lipinski definition) is 2. The minimum absolute atomic E-state index is 0.447. The van der Waals surface area contributed by atoms with Gasteiger partial charge in [0.2, 0.25) is 0 Å². The topological polar surface area (TPSA) is 25.8 Å². The molecule has 0 aliphatic carbocycles. The van der Waals surface area contributed by atoms with Crippen molar-refractivity contribution < 1.29 is 0 Å². The maximum Gasteiger partial charge on any atom is 0.159 e. The van der Waals surface area contributed by atoms with E-state index < -0.39 is 0 Å². The first kappa shape index (κ1) is 13.1. The van der Waals surface area contributed by atoms with Gasteiger partial charge >= 0.3 is 0 Å². The molecule has 3 heteroatoms. The highest BCUT2D eigenvalue weighted by Gasteiger charge is 2.09. The van der Waals surface area contributed by atoms with E-state index >= 15 is 0 Å². The third-order valence-electron chi connectivity index (χ3n) is 3.49. The molecule has 0 radical (unpaired) electrons. The summed E-state index contributed by atoms with van der Waals surface area (Å²) in [6, 6.07) is 16.4. The lowest BCUT2D eigenvalue weighted by Crippen LogP contribution is -1.92. The van der Waals surface area contributed by atoms with E-state index in [9.17, 15) is 0 Å². The van der Waals surface area contributed by atoms with Gasteiger partial charge < -0.3 is 0 Å². The van der Waals surface area contributed by atoms with Crippen LogP contribution in [0.2, 0.25) is 5.15 Å². The number of hydrogen-bond donors (Lipinski definition) is 0. The zero-order valence-electron chi connectivity index (χ0n) is 11.5. The quantitative estimate of drug-likeness (QED) is 0.655. The van der Waals surface area contributed by atoms with Crippen molar-refractivity contribution in [1.29, 1.82) is 0 Å². The Morgan fingerprint density at radius 1 is 0.850 bits per heavy atom. The van der Waals surface area contributed by atoms with Crippen molar-refractivity contribution in [3.05, 3.63) is 59.2 Å². The fourth-order valence-electron chi connectivity index (χ4n) is 2.31. The van der Waals surface area contributed by atoms with Crippen LogP contribution in [0, 0.1) is 0 Å². The molecule has 0 fully saturated rings.